The summed E-state index contributed by atoms with van der Waals surface area (Å²) in [5.41, 5.74) is 0. The van der Waals surface area contributed by atoms with Crippen LogP contribution in [-0.4, -0.2) is 48.1 Å². The number of aliphatic carboxylic acids is 1. The Bertz CT molecular complexity index is 595. The highest BCUT2D eigenvalue weighted by molar-refractivity contribution is 7.91. The van der Waals surface area contributed by atoms with E-state index in [9.17, 15) is 18.3 Å². The van der Waals surface area contributed by atoms with Crippen LogP contribution in [0.25, 0.3) is 0 Å². The Morgan fingerprint density at radius 1 is 1.50 bits per heavy atom. The molecule has 8 heteroatoms. The average molecular weight is 319 g/mol. The fourth-order valence-electron chi connectivity index (χ4n) is 2.40. The quantitative estimate of drug-likeness (QED) is 0.836. The molecule has 2 unspecified atom stereocenters. The minimum absolute atomic E-state index is 0.119. The van der Waals surface area contributed by atoms with Crippen LogP contribution in [0.4, 0.5) is 0 Å². The van der Waals surface area contributed by atoms with Crippen LogP contribution in [0.1, 0.15) is 18.2 Å². The van der Waals surface area contributed by atoms with Crippen molar-refractivity contribution in [1.82, 2.24) is 4.31 Å². The van der Waals surface area contributed by atoms with Gasteiger partial charge in [0.05, 0.1) is 19.1 Å². The maximum atomic E-state index is 12.5. The van der Waals surface area contributed by atoms with Crippen LogP contribution >= 0.6 is 11.3 Å². The van der Waals surface area contributed by atoms with Crippen molar-refractivity contribution in [3.05, 3.63) is 17.0 Å². The maximum Gasteiger partial charge on any atom is 0.308 e. The summed E-state index contributed by atoms with van der Waals surface area (Å²) in [5.74, 6) is -0.868. The lowest BCUT2D eigenvalue weighted by Gasteiger charge is -2.23. The monoisotopic (exact) mass is 319 g/mol. The SMILES string of the molecule is CC1CCN(S(=O)(=O)c2ccc(CC(=O)O)s2)C1CO. The van der Waals surface area contributed by atoms with Crippen LogP contribution < -0.4 is 0 Å². The summed E-state index contributed by atoms with van der Waals surface area (Å²) in [7, 11) is -3.65. The number of hydrogen-bond acceptors (Lipinski definition) is 5. The zero-order valence-electron chi connectivity index (χ0n) is 11.0. The van der Waals surface area contributed by atoms with Gasteiger partial charge in [-0.3, -0.25) is 4.79 Å². The fourth-order valence-corrected chi connectivity index (χ4v) is 5.60. The smallest absolute Gasteiger partial charge is 0.308 e. The molecular formula is C12H17NO5S2. The van der Waals surface area contributed by atoms with E-state index in [0.717, 1.165) is 17.8 Å². The molecule has 20 heavy (non-hydrogen) atoms. The van der Waals surface area contributed by atoms with Gasteiger partial charge in [0, 0.05) is 11.4 Å². The standard InChI is InChI=1S/C12H17NO5S2/c1-8-4-5-13(10(8)7-14)20(17,18)12-3-2-9(19-12)6-11(15)16/h2-3,8,10,14H,4-7H2,1H3,(H,15,16). The van der Waals surface area contributed by atoms with Crippen LogP contribution in [0.2, 0.25) is 0 Å². The Labute approximate surface area is 121 Å². The number of nitrogens with zero attached hydrogens (tertiary/aromatic N) is 1. The van der Waals surface area contributed by atoms with Gasteiger partial charge in [-0.25, -0.2) is 8.42 Å². The van der Waals surface area contributed by atoms with Crippen LogP contribution in [-0.2, 0) is 21.2 Å². The molecule has 0 spiro atoms. The molecule has 0 aliphatic carbocycles. The number of thiophene rings is 1. The van der Waals surface area contributed by atoms with E-state index in [0.29, 0.717) is 11.4 Å². The molecule has 2 rings (SSSR count). The number of carboxylic acid groups (broad SMARTS) is 1. The number of rotatable bonds is 5. The Balaban J connectivity index is 2.26. The summed E-state index contributed by atoms with van der Waals surface area (Å²) in [6.45, 7) is 2.11. The van der Waals surface area contributed by atoms with Gasteiger partial charge in [0.2, 0.25) is 0 Å². The first-order valence-electron chi connectivity index (χ1n) is 6.29. The van der Waals surface area contributed by atoms with E-state index < -0.39 is 22.0 Å². The first kappa shape index (κ1) is 15.4. The number of aliphatic hydroxyl groups excluding tert-OH is 1. The molecule has 0 aromatic carbocycles. The highest BCUT2D eigenvalue weighted by atomic mass is 32.2. The van der Waals surface area contributed by atoms with Gasteiger partial charge in [-0.05, 0) is 24.5 Å². The predicted molar refractivity (Wildman–Crippen MR) is 74.2 cm³/mol. The summed E-state index contributed by atoms with van der Waals surface area (Å²) >= 11 is 0.977. The average Bonchev–Trinajstić information content (AvgIpc) is 2.95. The summed E-state index contributed by atoms with van der Waals surface area (Å²) in [6.07, 6.45) is 0.540. The van der Waals surface area contributed by atoms with Gasteiger partial charge < -0.3 is 10.2 Å². The van der Waals surface area contributed by atoms with Crippen LogP contribution in [0.15, 0.2) is 16.3 Å². The van der Waals surface area contributed by atoms with E-state index in [4.69, 9.17) is 5.11 Å². The lowest BCUT2D eigenvalue weighted by atomic mass is 10.0. The van der Waals surface area contributed by atoms with Gasteiger partial charge >= 0.3 is 5.97 Å². The Hall–Kier alpha value is -0.960. The van der Waals surface area contributed by atoms with E-state index in [2.05, 4.69) is 0 Å². The van der Waals surface area contributed by atoms with Crippen molar-refractivity contribution in [1.29, 1.82) is 0 Å². The molecule has 0 radical (unpaired) electrons. The third-order valence-electron chi connectivity index (χ3n) is 3.54. The summed E-state index contributed by atoms with van der Waals surface area (Å²) in [4.78, 5) is 11.1. The first-order chi connectivity index (χ1) is 9.36. The van der Waals surface area contributed by atoms with Crippen LogP contribution in [0.3, 0.4) is 0 Å². The van der Waals surface area contributed by atoms with E-state index in [1.54, 1.807) is 0 Å². The highest BCUT2D eigenvalue weighted by Gasteiger charge is 2.39. The van der Waals surface area contributed by atoms with Crippen molar-refractivity contribution in [2.24, 2.45) is 5.92 Å². The van der Waals surface area contributed by atoms with Gasteiger partial charge in [0.1, 0.15) is 4.21 Å². The van der Waals surface area contributed by atoms with Gasteiger partial charge in [0.25, 0.3) is 10.0 Å². The highest BCUT2D eigenvalue weighted by Crippen LogP contribution is 2.32. The molecule has 2 heterocycles. The van der Waals surface area contributed by atoms with Crippen LogP contribution in [0, 0.1) is 5.92 Å². The third kappa shape index (κ3) is 2.88. The van der Waals surface area contributed by atoms with E-state index in [1.807, 2.05) is 6.92 Å². The van der Waals surface area contributed by atoms with Crippen molar-refractivity contribution in [2.45, 2.75) is 30.0 Å². The van der Waals surface area contributed by atoms with Crippen molar-refractivity contribution in [3.8, 4) is 0 Å². The molecule has 1 aliphatic heterocycles. The first-order valence-corrected chi connectivity index (χ1v) is 8.55. The van der Waals surface area contributed by atoms with Gasteiger partial charge in [-0.1, -0.05) is 6.92 Å². The van der Waals surface area contributed by atoms with Crippen molar-refractivity contribution < 1.29 is 23.4 Å². The van der Waals surface area contributed by atoms with E-state index in [-0.39, 0.29) is 23.2 Å². The van der Waals surface area contributed by atoms with Gasteiger partial charge in [-0.2, -0.15) is 4.31 Å². The van der Waals surface area contributed by atoms with Crippen LogP contribution in [0.5, 0.6) is 0 Å². The number of hydrogen-bond donors (Lipinski definition) is 2. The molecule has 1 aliphatic rings. The molecule has 0 bridgehead atoms. The summed E-state index contributed by atoms with van der Waals surface area (Å²) in [6, 6.07) is 2.57. The molecule has 2 atom stereocenters. The van der Waals surface area contributed by atoms with Crippen molar-refractivity contribution in [2.75, 3.05) is 13.2 Å². The maximum absolute atomic E-state index is 12.5. The fraction of sp³-hybridized carbons (Fsp3) is 0.583. The lowest BCUT2D eigenvalue weighted by Crippen LogP contribution is -2.39. The summed E-state index contributed by atoms with van der Waals surface area (Å²) < 4.78 is 26.5. The summed E-state index contributed by atoms with van der Waals surface area (Å²) in [5, 5.41) is 18.1. The molecule has 2 N–H and O–H groups in total. The molecule has 112 valence electrons. The zero-order valence-corrected chi connectivity index (χ0v) is 12.7. The third-order valence-corrected chi connectivity index (χ3v) is 7.02. The van der Waals surface area contributed by atoms with Crippen molar-refractivity contribution >= 4 is 27.3 Å². The molecule has 1 aromatic heterocycles. The Morgan fingerprint density at radius 3 is 2.80 bits per heavy atom. The molecule has 0 saturated carbocycles. The number of carboxylic acids is 1. The van der Waals surface area contributed by atoms with E-state index >= 15 is 0 Å². The molecular weight excluding hydrogens is 302 g/mol. The second-order valence-corrected chi connectivity index (χ2v) is 8.21. The molecule has 1 aromatic rings. The molecule has 6 nitrogen and oxygen atoms in total. The molecule has 0 amide bonds. The van der Waals surface area contributed by atoms with Gasteiger partial charge in [0.15, 0.2) is 0 Å². The number of aliphatic hydroxyl groups is 1. The Morgan fingerprint density at radius 2 is 2.20 bits per heavy atom. The predicted octanol–water partition coefficient (Wildman–Crippen LogP) is 0.767. The largest absolute Gasteiger partial charge is 0.481 e. The van der Waals surface area contributed by atoms with Crippen molar-refractivity contribution in [3.63, 3.8) is 0 Å². The Kier molecular flexibility index (Phi) is 4.48. The minimum atomic E-state index is -3.65. The second kappa shape index (κ2) is 5.80. The van der Waals surface area contributed by atoms with Gasteiger partial charge in [-0.15, -0.1) is 11.3 Å². The minimum Gasteiger partial charge on any atom is -0.481 e. The second-order valence-electron chi connectivity index (χ2n) is 4.92. The number of sulfonamides is 1. The topological polar surface area (TPSA) is 94.9 Å². The zero-order chi connectivity index (χ0) is 14.9. The van der Waals surface area contributed by atoms with E-state index in [1.165, 1.54) is 16.4 Å². The molecule has 1 saturated heterocycles. The lowest BCUT2D eigenvalue weighted by molar-refractivity contribution is -0.136. The normalized spacial score (nSPS) is 24.1. The number of carbonyl (C=O) groups is 1. The molecule has 1 fully saturated rings.